The van der Waals surface area contributed by atoms with Gasteiger partial charge in [-0.3, -0.25) is 9.78 Å². The first-order chi connectivity index (χ1) is 12.6. The fraction of sp³-hybridized carbons (Fsp3) is 0.316. The number of carbonyl (C=O) groups excluding carboxylic acids is 1. The van der Waals surface area contributed by atoms with Gasteiger partial charge in [-0.2, -0.15) is 0 Å². The Labute approximate surface area is 150 Å². The van der Waals surface area contributed by atoms with Crippen LogP contribution in [0.15, 0.2) is 41.5 Å². The molecule has 1 aliphatic carbocycles. The Balaban J connectivity index is 1.52. The maximum atomic E-state index is 12.6. The van der Waals surface area contributed by atoms with Crippen molar-refractivity contribution in [2.75, 3.05) is 0 Å². The fourth-order valence-corrected chi connectivity index (χ4v) is 2.95. The van der Waals surface area contributed by atoms with E-state index >= 15 is 0 Å². The predicted molar refractivity (Wildman–Crippen MR) is 94.4 cm³/mol. The largest absolute Gasteiger partial charge is 0.447 e. The Bertz CT molecular complexity index is 934. The van der Waals surface area contributed by atoms with Gasteiger partial charge >= 0.3 is 0 Å². The van der Waals surface area contributed by atoms with Gasteiger partial charge < -0.3 is 9.73 Å². The van der Waals surface area contributed by atoms with E-state index in [0.29, 0.717) is 23.2 Å². The van der Waals surface area contributed by atoms with Crippen LogP contribution in [0.5, 0.6) is 0 Å². The molecule has 1 aliphatic rings. The summed E-state index contributed by atoms with van der Waals surface area (Å²) in [6, 6.07) is 3.49. The number of carbonyl (C=O) groups is 1. The van der Waals surface area contributed by atoms with Crippen molar-refractivity contribution < 1.29 is 9.21 Å². The van der Waals surface area contributed by atoms with Gasteiger partial charge in [0.25, 0.3) is 5.91 Å². The summed E-state index contributed by atoms with van der Waals surface area (Å²) in [5.74, 6) is 1.43. The summed E-state index contributed by atoms with van der Waals surface area (Å²) >= 11 is 0. The third-order valence-electron chi connectivity index (χ3n) is 4.53. The van der Waals surface area contributed by atoms with Crippen LogP contribution in [0.4, 0.5) is 0 Å². The normalized spacial score (nSPS) is 14.8. The van der Waals surface area contributed by atoms with Gasteiger partial charge in [0.2, 0.25) is 0 Å². The molecule has 3 heterocycles. The van der Waals surface area contributed by atoms with Crippen molar-refractivity contribution in [2.45, 2.75) is 38.6 Å². The lowest BCUT2D eigenvalue weighted by molar-refractivity contribution is 0.0933. The minimum absolute atomic E-state index is 0.231. The minimum atomic E-state index is -0.238. The molecule has 3 aromatic heterocycles. The molecule has 1 atom stereocenters. The number of aromatic nitrogens is 4. The second-order valence-corrected chi connectivity index (χ2v) is 6.50. The van der Waals surface area contributed by atoms with E-state index in [9.17, 15) is 4.79 Å². The average Bonchev–Trinajstić information content (AvgIpc) is 3.38. The van der Waals surface area contributed by atoms with Crippen molar-refractivity contribution in [3.8, 4) is 11.4 Å². The van der Waals surface area contributed by atoms with Crippen LogP contribution in [0.2, 0.25) is 0 Å². The van der Waals surface area contributed by atoms with Crippen molar-refractivity contribution in [1.82, 2.24) is 25.3 Å². The molecule has 1 saturated carbocycles. The molecule has 0 aliphatic heterocycles. The Morgan fingerprint density at radius 3 is 2.73 bits per heavy atom. The molecule has 0 radical (unpaired) electrons. The molecule has 0 spiro atoms. The number of aryl methyl sites for hydroxylation is 1. The molecule has 4 rings (SSSR count). The van der Waals surface area contributed by atoms with Crippen LogP contribution in [-0.4, -0.2) is 25.8 Å². The first kappa shape index (κ1) is 16.4. The molecule has 26 heavy (non-hydrogen) atoms. The number of pyridine rings is 1. The lowest BCUT2D eigenvalue weighted by Gasteiger charge is -2.16. The summed E-state index contributed by atoms with van der Waals surface area (Å²) in [5.41, 5.74) is 2.98. The molecule has 7 nitrogen and oxygen atoms in total. The summed E-state index contributed by atoms with van der Waals surface area (Å²) < 4.78 is 5.38. The zero-order valence-electron chi connectivity index (χ0n) is 14.6. The van der Waals surface area contributed by atoms with Gasteiger partial charge in [-0.15, -0.1) is 0 Å². The maximum absolute atomic E-state index is 12.6. The van der Waals surface area contributed by atoms with Crippen LogP contribution in [0.25, 0.3) is 11.4 Å². The standard InChI is InChI=1S/C19H19N5O2/c1-11-15(9-21-18(23-11)14-5-7-20-8-6-14)12(2)24-19(25)16-17(13-3-4-13)26-10-22-16/h5-10,12-13H,3-4H2,1-2H3,(H,24,25). The SMILES string of the molecule is Cc1nc(-c2ccncc2)ncc1C(C)NC(=O)c1ncoc1C1CC1. The molecule has 1 unspecified atom stereocenters. The topological polar surface area (TPSA) is 93.8 Å². The smallest absolute Gasteiger partial charge is 0.274 e. The number of hydrogen-bond donors (Lipinski definition) is 1. The van der Waals surface area contributed by atoms with Crippen LogP contribution < -0.4 is 5.32 Å². The van der Waals surface area contributed by atoms with E-state index in [0.717, 1.165) is 29.7 Å². The number of amides is 1. The molecular formula is C19H19N5O2. The van der Waals surface area contributed by atoms with Crippen LogP contribution in [0, 0.1) is 6.92 Å². The number of nitrogens with zero attached hydrogens (tertiary/aromatic N) is 4. The van der Waals surface area contributed by atoms with E-state index in [1.165, 1.54) is 6.39 Å². The van der Waals surface area contributed by atoms with Crippen molar-refractivity contribution in [3.05, 3.63) is 59.8 Å². The number of nitrogens with one attached hydrogen (secondary N) is 1. The Morgan fingerprint density at radius 2 is 2.04 bits per heavy atom. The second kappa shape index (κ2) is 6.67. The first-order valence-electron chi connectivity index (χ1n) is 8.61. The minimum Gasteiger partial charge on any atom is -0.447 e. The van der Waals surface area contributed by atoms with E-state index in [2.05, 4.69) is 25.3 Å². The molecular weight excluding hydrogens is 330 g/mol. The molecule has 132 valence electrons. The second-order valence-electron chi connectivity index (χ2n) is 6.50. The van der Waals surface area contributed by atoms with Gasteiger partial charge in [0.1, 0.15) is 5.76 Å². The molecule has 0 aromatic carbocycles. The lowest BCUT2D eigenvalue weighted by Crippen LogP contribution is -2.28. The molecule has 1 amide bonds. The molecule has 7 heteroatoms. The zero-order chi connectivity index (χ0) is 18.1. The molecule has 1 N–H and O–H groups in total. The molecule has 3 aromatic rings. The van der Waals surface area contributed by atoms with Crippen molar-refractivity contribution in [1.29, 1.82) is 0 Å². The average molecular weight is 349 g/mol. The number of oxazole rings is 1. The van der Waals surface area contributed by atoms with E-state index in [4.69, 9.17) is 4.42 Å². The van der Waals surface area contributed by atoms with Crippen molar-refractivity contribution in [3.63, 3.8) is 0 Å². The molecule has 0 bridgehead atoms. The van der Waals surface area contributed by atoms with Gasteiger partial charge in [0.05, 0.1) is 6.04 Å². The van der Waals surface area contributed by atoms with Gasteiger partial charge in [0, 0.05) is 41.3 Å². The first-order valence-corrected chi connectivity index (χ1v) is 8.61. The number of rotatable bonds is 5. The molecule has 1 fully saturated rings. The van der Waals surface area contributed by atoms with Gasteiger partial charge in [-0.1, -0.05) is 0 Å². The van der Waals surface area contributed by atoms with Crippen molar-refractivity contribution in [2.24, 2.45) is 0 Å². The Hall–Kier alpha value is -3.09. The molecule has 0 saturated heterocycles. The fourth-order valence-electron chi connectivity index (χ4n) is 2.95. The summed E-state index contributed by atoms with van der Waals surface area (Å²) in [6.45, 7) is 3.82. The lowest BCUT2D eigenvalue weighted by atomic mass is 10.1. The predicted octanol–water partition coefficient (Wildman–Crippen LogP) is 3.20. The van der Waals surface area contributed by atoms with Crippen LogP contribution >= 0.6 is 0 Å². The van der Waals surface area contributed by atoms with Crippen LogP contribution in [0.3, 0.4) is 0 Å². The summed E-state index contributed by atoms with van der Waals surface area (Å²) in [6.07, 6.45) is 8.61. The van der Waals surface area contributed by atoms with E-state index < -0.39 is 0 Å². The van der Waals surface area contributed by atoms with Gasteiger partial charge in [0.15, 0.2) is 17.9 Å². The number of hydrogen-bond acceptors (Lipinski definition) is 6. The maximum Gasteiger partial charge on any atom is 0.274 e. The third kappa shape index (κ3) is 3.20. The monoisotopic (exact) mass is 349 g/mol. The van der Waals surface area contributed by atoms with Gasteiger partial charge in [-0.05, 0) is 38.8 Å². The van der Waals surface area contributed by atoms with E-state index in [-0.39, 0.29) is 11.9 Å². The summed E-state index contributed by atoms with van der Waals surface area (Å²) in [7, 11) is 0. The van der Waals surface area contributed by atoms with Crippen LogP contribution in [0.1, 0.15) is 59.2 Å². The Kier molecular flexibility index (Phi) is 4.20. The quantitative estimate of drug-likeness (QED) is 0.760. The highest BCUT2D eigenvalue weighted by atomic mass is 16.3. The van der Waals surface area contributed by atoms with Crippen molar-refractivity contribution >= 4 is 5.91 Å². The third-order valence-corrected chi connectivity index (χ3v) is 4.53. The van der Waals surface area contributed by atoms with E-state index in [1.807, 2.05) is 26.0 Å². The van der Waals surface area contributed by atoms with Crippen LogP contribution in [-0.2, 0) is 0 Å². The van der Waals surface area contributed by atoms with Gasteiger partial charge in [-0.25, -0.2) is 15.0 Å². The Morgan fingerprint density at radius 1 is 1.27 bits per heavy atom. The highest BCUT2D eigenvalue weighted by Crippen LogP contribution is 2.41. The van der Waals surface area contributed by atoms with E-state index in [1.54, 1.807) is 18.6 Å². The summed E-state index contributed by atoms with van der Waals surface area (Å²) in [4.78, 5) is 29.6. The summed E-state index contributed by atoms with van der Waals surface area (Å²) in [5, 5.41) is 2.97. The highest BCUT2D eigenvalue weighted by Gasteiger charge is 2.32. The zero-order valence-corrected chi connectivity index (χ0v) is 14.6. The highest BCUT2D eigenvalue weighted by molar-refractivity contribution is 5.93.